The second-order valence-corrected chi connectivity index (χ2v) is 7.02. The van der Waals surface area contributed by atoms with E-state index < -0.39 is 17.8 Å². The fourth-order valence-corrected chi connectivity index (χ4v) is 3.30. The van der Waals surface area contributed by atoms with Gasteiger partial charge in [-0.05, 0) is 49.1 Å². The number of thioether (sulfide) groups is 2. The van der Waals surface area contributed by atoms with Crippen LogP contribution in [-0.4, -0.2) is 22.9 Å². The van der Waals surface area contributed by atoms with E-state index in [1.807, 2.05) is 24.5 Å². The first kappa shape index (κ1) is 20.1. The van der Waals surface area contributed by atoms with Crippen molar-refractivity contribution in [3.05, 3.63) is 47.2 Å². The van der Waals surface area contributed by atoms with Gasteiger partial charge in [0.15, 0.2) is 0 Å². The van der Waals surface area contributed by atoms with Crippen LogP contribution in [0, 0.1) is 18.3 Å². The number of aromatic nitrogens is 1. The third-order valence-electron chi connectivity index (χ3n) is 3.30. The number of anilines is 1. The number of amides is 1. The molecule has 0 spiro atoms. The Labute approximate surface area is 157 Å². The van der Waals surface area contributed by atoms with Crippen LogP contribution in [0.2, 0.25) is 0 Å². The SMILES string of the molecule is CSc1ccc(NC(=O)CSc2nc(C(F)(F)F)cc(C)c2C#N)cc1. The number of hydrogen-bond acceptors (Lipinski definition) is 5. The average molecular weight is 397 g/mol. The molecule has 1 aromatic heterocycles. The maximum absolute atomic E-state index is 12.9. The van der Waals surface area contributed by atoms with Crippen LogP contribution < -0.4 is 5.32 Å². The van der Waals surface area contributed by atoms with Crippen LogP contribution in [0.1, 0.15) is 16.8 Å². The predicted octanol–water partition coefficient (Wildman–Crippen LogP) is 4.73. The van der Waals surface area contributed by atoms with Gasteiger partial charge in [0.25, 0.3) is 0 Å². The zero-order valence-corrected chi connectivity index (χ0v) is 15.5. The summed E-state index contributed by atoms with van der Waals surface area (Å²) in [5, 5.41) is 11.7. The molecule has 0 aliphatic rings. The zero-order valence-electron chi connectivity index (χ0n) is 13.8. The number of halogens is 3. The van der Waals surface area contributed by atoms with Gasteiger partial charge in [0.1, 0.15) is 16.8 Å². The third kappa shape index (κ3) is 5.16. The first-order chi connectivity index (χ1) is 12.2. The molecule has 26 heavy (non-hydrogen) atoms. The van der Waals surface area contributed by atoms with Crippen LogP contribution in [0.3, 0.4) is 0 Å². The van der Waals surface area contributed by atoms with Gasteiger partial charge < -0.3 is 5.32 Å². The Morgan fingerprint density at radius 2 is 1.96 bits per heavy atom. The van der Waals surface area contributed by atoms with E-state index >= 15 is 0 Å². The van der Waals surface area contributed by atoms with E-state index in [1.165, 1.54) is 6.92 Å². The molecule has 1 aromatic carbocycles. The van der Waals surface area contributed by atoms with Crippen molar-refractivity contribution in [3.8, 4) is 6.07 Å². The monoisotopic (exact) mass is 397 g/mol. The highest BCUT2D eigenvalue weighted by atomic mass is 32.2. The summed E-state index contributed by atoms with van der Waals surface area (Å²) in [6, 6.07) is 9.84. The summed E-state index contributed by atoms with van der Waals surface area (Å²) >= 11 is 2.37. The number of alkyl halides is 3. The van der Waals surface area contributed by atoms with Gasteiger partial charge >= 0.3 is 6.18 Å². The molecule has 0 saturated carbocycles. The molecule has 1 amide bonds. The van der Waals surface area contributed by atoms with Gasteiger partial charge in [-0.2, -0.15) is 18.4 Å². The van der Waals surface area contributed by atoms with Crippen molar-refractivity contribution in [3.63, 3.8) is 0 Å². The molecule has 4 nitrogen and oxygen atoms in total. The molecular formula is C17H14F3N3OS2. The number of hydrogen-bond donors (Lipinski definition) is 1. The van der Waals surface area contributed by atoms with E-state index in [0.29, 0.717) is 5.69 Å². The molecule has 0 aliphatic carbocycles. The van der Waals surface area contributed by atoms with Crippen LogP contribution >= 0.6 is 23.5 Å². The second-order valence-electron chi connectivity index (χ2n) is 5.18. The van der Waals surface area contributed by atoms with Gasteiger partial charge in [0.05, 0.1) is 11.3 Å². The zero-order chi connectivity index (χ0) is 19.3. The molecule has 2 rings (SSSR count). The summed E-state index contributed by atoms with van der Waals surface area (Å²) in [4.78, 5) is 16.6. The number of nitrogens with zero attached hydrogens (tertiary/aromatic N) is 2. The normalized spacial score (nSPS) is 11.1. The van der Waals surface area contributed by atoms with Gasteiger partial charge in [-0.25, -0.2) is 4.98 Å². The average Bonchev–Trinajstić information content (AvgIpc) is 2.59. The Morgan fingerprint density at radius 3 is 2.50 bits per heavy atom. The molecule has 136 valence electrons. The minimum absolute atomic E-state index is 0.0418. The Balaban J connectivity index is 2.11. The molecule has 9 heteroatoms. The molecule has 0 radical (unpaired) electrons. The fourth-order valence-electron chi connectivity index (χ4n) is 2.03. The van der Waals surface area contributed by atoms with Crippen molar-refractivity contribution in [2.45, 2.75) is 23.0 Å². The topological polar surface area (TPSA) is 65.8 Å². The van der Waals surface area contributed by atoms with E-state index in [0.717, 1.165) is 22.7 Å². The second kappa shape index (κ2) is 8.47. The van der Waals surface area contributed by atoms with Crippen LogP contribution in [0.15, 0.2) is 40.3 Å². The Morgan fingerprint density at radius 1 is 1.31 bits per heavy atom. The third-order valence-corrected chi connectivity index (χ3v) is 5.02. The molecule has 1 N–H and O–H groups in total. The minimum atomic E-state index is -4.62. The lowest BCUT2D eigenvalue weighted by molar-refractivity contribution is -0.141. The number of nitriles is 1. The Bertz CT molecular complexity index is 846. The quantitative estimate of drug-likeness (QED) is 0.739. The fraction of sp³-hybridized carbons (Fsp3) is 0.235. The molecule has 0 atom stereocenters. The summed E-state index contributed by atoms with van der Waals surface area (Å²) in [6.45, 7) is 1.41. The summed E-state index contributed by atoms with van der Waals surface area (Å²) in [5.74, 6) is -0.556. The smallest absolute Gasteiger partial charge is 0.325 e. The molecule has 2 aromatic rings. The molecule has 0 fully saturated rings. The first-order valence-electron chi connectivity index (χ1n) is 7.30. The lowest BCUT2D eigenvalue weighted by atomic mass is 10.1. The van der Waals surface area contributed by atoms with Crippen molar-refractivity contribution in [2.24, 2.45) is 0 Å². The summed E-state index contributed by atoms with van der Waals surface area (Å²) in [7, 11) is 0. The minimum Gasteiger partial charge on any atom is -0.325 e. The van der Waals surface area contributed by atoms with Crippen molar-refractivity contribution >= 4 is 35.1 Å². The van der Waals surface area contributed by atoms with Gasteiger partial charge in [0, 0.05) is 10.6 Å². The summed E-state index contributed by atoms with van der Waals surface area (Å²) < 4.78 is 38.7. The number of nitrogens with one attached hydrogen (secondary N) is 1. The molecule has 0 bridgehead atoms. The predicted molar refractivity (Wildman–Crippen MR) is 96.3 cm³/mol. The van der Waals surface area contributed by atoms with E-state index in [1.54, 1.807) is 23.9 Å². The summed E-state index contributed by atoms with van der Waals surface area (Å²) in [5.41, 5.74) is -0.280. The van der Waals surface area contributed by atoms with Crippen molar-refractivity contribution in [2.75, 3.05) is 17.3 Å². The van der Waals surface area contributed by atoms with Gasteiger partial charge in [-0.15, -0.1) is 11.8 Å². The van der Waals surface area contributed by atoms with Crippen molar-refractivity contribution in [1.82, 2.24) is 4.98 Å². The van der Waals surface area contributed by atoms with Gasteiger partial charge in [-0.3, -0.25) is 4.79 Å². The van der Waals surface area contributed by atoms with Crippen LogP contribution in [-0.2, 0) is 11.0 Å². The molecule has 0 saturated heterocycles. The molecule has 0 aliphatic heterocycles. The van der Waals surface area contributed by atoms with E-state index in [-0.39, 0.29) is 21.9 Å². The van der Waals surface area contributed by atoms with Gasteiger partial charge in [0.2, 0.25) is 5.91 Å². The molecule has 0 unspecified atom stereocenters. The highest BCUT2D eigenvalue weighted by Crippen LogP contribution is 2.32. The number of carbonyl (C=O) groups excluding carboxylic acids is 1. The van der Waals surface area contributed by atoms with E-state index in [2.05, 4.69) is 10.3 Å². The number of rotatable bonds is 5. The lowest BCUT2D eigenvalue weighted by Gasteiger charge is -2.11. The number of aryl methyl sites for hydroxylation is 1. The van der Waals surface area contributed by atoms with Crippen LogP contribution in [0.25, 0.3) is 0 Å². The maximum atomic E-state index is 12.9. The largest absolute Gasteiger partial charge is 0.433 e. The highest BCUT2D eigenvalue weighted by Gasteiger charge is 2.34. The number of carbonyl (C=O) groups is 1. The maximum Gasteiger partial charge on any atom is 0.433 e. The van der Waals surface area contributed by atoms with Gasteiger partial charge in [-0.1, -0.05) is 11.8 Å². The van der Waals surface area contributed by atoms with E-state index in [4.69, 9.17) is 5.26 Å². The molecule has 1 heterocycles. The number of pyridine rings is 1. The Kier molecular flexibility index (Phi) is 6.56. The van der Waals surface area contributed by atoms with Crippen molar-refractivity contribution in [1.29, 1.82) is 5.26 Å². The molecular weight excluding hydrogens is 383 g/mol. The number of benzene rings is 1. The Hall–Kier alpha value is -2.18. The highest BCUT2D eigenvalue weighted by molar-refractivity contribution is 8.00. The lowest BCUT2D eigenvalue weighted by Crippen LogP contribution is -2.15. The van der Waals surface area contributed by atoms with E-state index in [9.17, 15) is 18.0 Å². The first-order valence-corrected chi connectivity index (χ1v) is 9.51. The van der Waals surface area contributed by atoms with Crippen molar-refractivity contribution < 1.29 is 18.0 Å². The van der Waals surface area contributed by atoms with Crippen LogP contribution in [0.4, 0.5) is 18.9 Å². The summed E-state index contributed by atoms with van der Waals surface area (Å²) in [6.07, 6.45) is -2.68. The standard InChI is InChI=1S/C17H14F3N3OS2/c1-10-7-14(17(18,19)20)23-16(13(10)8-21)26-9-15(24)22-11-3-5-12(25-2)6-4-11/h3-7H,9H2,1-2H3,(H,22,24). The van der Waals surface area contributed by atoms with Crippen LogP contribution in [0.5, 0.6) is 0 Å².